The van der Waals surface area contributed by atoms with E-state index >= 15 is 0 Å². The maximum atomic E-state index is 13.8. The fourth-order valence-electron chi connectivity index (χ4n) is 3.84. The molecular formula is C22H26FN3O4S. The first-order valence-electron chi connectivity index (χ1n) is 10.1. The topological polar surface area (TPSA) is 86.8 Å². The zero-order chi connectivity index (χ0) is 22.8. The van der Waals surface area contributed by atoms with E-state index in [2.05, 4.69) is 5.32 Å². The van der Waals surface area contributed by atoms with Gasteiger partial charge in [0.2, 0.25) is 21.8 Å². The van der Waals surface area contributed by atoms with Crippen LogP contribution in [0.5, 0.6) is 0 Å². The van der Waals surface area contributed by atoms with Crippen molar-refractivity contribution in [3.63, 3.8) is 0 Å². The molecule has 166 valence electrons. The van der Waals surface area contributed by atoms with Gasteiger partial charge in [0, 0.05) is 44.2 Å². The number of halogens is 1. The number of nitrogens with one attached hydrogen (secondary N) is 1. The normalized spacial score (nSPS) is 15.8. The Morgan fingerprint density at radius 1 is 1.16 bits per heavy atom. The molecule has 2 aromatic rings. The molecule has 0 aromatic heterocycles. The fraction of sp³-hybridized carbons (Fsp3) is 0.364. The number of carbonyl (C=O) groups is 2. The number of sulfonamides is 1. The summed E-state index contributed by atoms with van der Waals surface area (Å²) >= 11 is 0. The van der Waals surface area contributed by atoms with E-state index in [9.17, 15) is 22.4 Å². The summed E-state index contributed by atoms with van der Waals surface area (Å²) < 4.78 is 40.9. The Morgan fingerprint density at radius 2 is 1.84 bits per heavy atom. The van der Waals surface area contributed by atoms with Gasteiger partial charge in [-0.3, -0.25) is 14.5 Å². The van der Waals surface area contributed by atoms with Crippen molar-refractivity contribution in [2.24, 2.45) is 0 Å². The van der Waals surface area contributed by atoms with E-state index in [-0.39, 0.29) is 23.8 Å². The Balaban J connectivity index is 1.85. The van der Waals surface area contributed by atoms with Gasteiger partial charge in [0.05, 0.1) is 4.90 Å². The van der Waals surface area contributed by atoms with Crippen LogP contribution in [0.3, 0.4) is 0 Å². The van der Waals surface area contributed by atoms with Crippen LogP contribution in [0.15, 0.2) is 47.4 Å². The minimum Gasteiger partial charge on any atom is -0.350 e. The van der Waals surface area contributed by atoms with Gasteiger partial charge >= 0.3 is 0 Å². The standard InChI is InChI=1S/C22H26FN3O4S/c1-4-25(5-2)31(29,30)18-10-11-20-17(12-18)13-21(26(20)15(3)27)22(28)24-14-16-8-6-7-9-19(16)23/h6-12,21H,4-5,13-14H2,1-3H3,(H,24,28)/t21-/m1/s1. The highest BCUT2D eigenvalue weighted by molar-refractivity contribution is 7.89. The molecule has 0 saturated heterocycles. The molecule has 2 aromatic carbocycles. The summed E-state index contributed by atoms with van der Waals surface area (Å²) in [6, 6.07) is 9.86. The van der Waals surface area contributed by atoms with E-state index < -0.39 is 27.8 Å². The maximum Gasteiger partial charge on any atom is 0.243 e. The van der Waals surface area contributed by atoms with Crippen molar-refractivity contribution in [1.29, 1.82) is 0 Å². The van der Waals surface area contributed by atoms with Crippen molar-refractivity contribution in [1.82, 2.24) is 9.62 Å². The molecule has 3 rings (SSSR count). The lowest BCUT2D eigenvalue weighted by Gasteiger charge is -2.23. The van der Waals surface area contributed by atoms with Crippen molar-refractivity contribution in [3.05, 3.63) is 59.4 Å². The van der Waals surface area contributed by atoms with Gasteiger partial charge < -0.3 is 5.32 Å². The first-order valence-corrected chi connectivity index (χ1v) is 11.6. The Morgan fingerprint density at radius 3 is 2.45 bits per heavy atom. The van der Waals surface area contributed by atoms with Crippen LogP contribution in [-0.4, -0.2) is 43.7 Å². The van der Waals surface area contributed by atoms with Crippen molar-refractivity contribution in [2.75, 3.05) is 18.0 Å². The molecule has 9 heteroatoms. The van der Waals surface area contributed by atoms with Crippen LogP contribution >= 0.6 is 0 Å². The molecule has 0 spiro atoms. The molecule has 1 aliphatic rings. The fourth-order valence-corrected chi connectivity index (χ4v) is 5.35. The zero-order valence-corrected chi connectivity index (χ0v) is 18.6. The molecule has 1 aliphatic heterocycles. The SMILES string of the molecule is CCN(CC)S(=O)(=O)c1ccc2c(c1)C[C@H](C(=O)NCc1ccccc1F)N2C(C)=O. The monoisotopic (exact) mass is 447 g/mol. The number of fused-ring (bicyclic) bond motifs is 1. The third-order valence-electron chi connectivity index (χ3n) is 5.43. The van der Waals surface area contributed by atoms with Crippen LogP contribution < -0.4 is 10.2 Å². The highest BCUT2D eigenvalue weighted by Crippen LogP contribution is 2.35. The lowest BCUT2D eigenvalue weighted by molar-refractivity contribution is -0.125. The summed E-state index contributed by atoms with van der Waals surface area (Å²) in [4.78, 5) is 26.6. The Bertz CT molecular complexity index is 1100. The van der Waals surface area contributed by atoms with E-state index in [1.54, 1.807) is 38.1 Å². The second kappa shape index (κ2) is 9.15. The highest BCUT2D eigenvalue weighted by Gasteiger charge is 2.38. The summed E-state index contributed by atoms with van der Waals surface area (Å²) in [6.07, 6.45) is 0.180. The average Bonchev–Trinajstić information content (AvgIpc) is 3.13. The van der Waals surface area contributed by atoms with E-state index in [0.29, 0.717) is 29.9 Å². The molecule has 2 amide bonds. The van der Waals surface area contributed by atoms with Gasteiger partial charge in [-0.1, -0.05) is 32.0 Å². The lowest BCUT2D eigenvalue weighted by atomic mass is 10.1. The van der Waals surface area contributed by atoms with E-state index in [1.165, 1.54) is 34.3 Å². The van der Waals surface area contributed by atoms with Gasteiger partial charge in [0.15, 0.2) is 0 Å². The number of hydrogen-bond acceptors (Lipinski definition) is 4. The van der Waals surface area contributed by atoms with Crippen LogP contribution in [0.2, 0.25) is 0 Å². The van der Waals surface area contributed by atoms with Gasteiger partial charge in [0.1, 0.15) is 11.9 Å². The molecule has 7 nitrogen and oxygen atoms in total. The first-order chi connectivity index (χ1) is 14.7. The maximum absolute atomic E-state index is 13.8. The number of nitrogens with zero attached hydrogens (tertiary/aromatic N) is 2. The number of carbonyl (C=O) groups excluding carboxylic acids is 2. The molecule has 0 bridgehead atoms. The molecule has 1 N–H and O–H groups in total. The predicted octanol–water partition coefficient (Wildman–Crippen LogP) is 2.45. The largest absolute Gasteiger partial charge is 0.350 e. The third kappa shape index (κ3) is 4.47. The number of rotatable bonds is 7. The Kier molecular flexibility index (Phi) is 6.76. The van der Waals surface area contributed by atoms with Crippen molar-refractivity contribution in [3.8, 4) is 0 Å². The Hall–Kier alpha value is -2.78. The number of benzene rings is 2. The van der Waals surface area contributed by atoms with Crippen molar-refractivity contribution in [2.45, 2.75) is 44.7 Å². The van der Waals surface area contributed by atoms with Gasteiger partial charge in [-0.15, -0.1) is 0 Å². The van der Waals surface area contributed by atoms with Crippen LogP contribution in [0.25, 0.3) is 0 Å². The summed E-state index contributed by atoms with van der Waals surface area (Å²) in [7, 11) is -3.66. The third-order valence-corrected chi connectivity index (χ3v) is 7.48. The molecule has 0 fully saturated rings. The molecule has 0 unspecified atom stereocenters. The van der Waals surface area contributed by atoms with Crippen LogP contribution in [0.1, 0.15) is 31.9 Å². The highest BCUT2D eigenvalue weighted by atomic mass is 32.2. The average molecular weight is 448 g/mol. The number of amides is 2. The molecule has 0 saturated carbocycles. The second-order valence-electron chi connectivity index (χ2n) is 7.30. The molecular weight excluding hydrogens is 421 g/mol. The number of hydrogen-bond donors (Lipinski definition) is 1. The lowest BCUT2D eigenvalue weighted by Crippen LogP contribution is -2.47. The summed E-state index contributed by atoms with van der Waals surface area (Å²) in [5.74, 6) is -1.18. The minimum atomic E-state index is -3.66. The minimum absolute atomic E-state index is 0.00825. The predicted molar refractivity (Wildman–Crippen MR) is 115 cm³/mol. The zero-order valence-electron chi connectivity index (χ0n) is 17.8. The molecule has 1 atom stereocenters. The van der Waals surface area contributed by atoms with Gasteiger partial charge in [-0.2, -0.15) is 4.31 Å². The van der Waals surface area contributed by atoms with Crippen LogP contribution in [0, 0.1) is 5.82 Å². The molecule has 1 heterocycles. The van der Waals surface area contributed by atoms with Crippen LogP contribution in [0.4, 0.5) is 10.1 Å². The van der Waals surface area contributed by atoms with E-state index in [1.807, 2.05) is 0 Å². The molecule has 0 radical (unpaired) electrons. The van der Waals surface area contributed by atoms with Gasteiger partial charge in [-0.25, -0.2) is 12.8 Å². The summed E-state index contributed by atoms with van der Waals surface area (Å²) in [5, 5.41) is 2.68. The number of anilines is 1. The second-order valence-corrected chi connectivity index (χ2v) is 9.24. The van der Waals surface area contributed by atoms with Crippen molar-refractivity contribution >= 4 is 27.5 Å². The van der Waals surface area contributed by atoms with Gasteiger partial charge in [0.25, 0.3) is 0 Å². The van der Waals surface area contributed by atoms with E-state index in [4.69, 9.17) is 0 Å². The molecule has 31 heavy (non-hydrogen) atoms. The first kappa shape index (κ1) is 22.9. The molecule has 0 aliphatic carbocycles. The van der Waals surface area contributed by atoms with E-state index in [0.717, 1.165) is 0 Å². The summed E-state index contributed by atoms with van der Waals surface area (Å²) in [6.45, 7) is 5.56. The smallest absolute Gasteiger partial charge is 0.243 e. The van der Waals surface area contributed by atoms with Crippen molar-refractivity contribution < 1.29 is 22.4 Å². The van der Waals surface area contributed by atoms with Crippen LogP contribution in [-0.2, 0) is 32.6 Å². The van der Waals surface area contributed by atoms with Gasteiger partial charge in [-0.05, 0) is 29.8 Å². The Labute approximate surface area is 181 Å². The summed E-state index contributed by atoms with van der Waals surface area (Å²) in [5.41, 5.74) is 1.46. The quantitative estimate of drug-likeness (QED) is 0.706.